The number of carbonyl (C=O) groups excluding carboxylic acids is 2. The summed E-state index contributed by atoms with van der Waals surface area (Å²) in [6, 6.07) is 0. The quantitative estimate of drug-likeness (QED) is 0.687. The maximum atomic E-state index is 11.6. The molecule has 0 aliphatic rings. The van der Waals surface area contributed by atoms with Gasteiger partial charge in [-0.05, 0) is 18.8 Å². The zero-order chi connectivity index (χ0) is 14.0. The van der Waals surface area contributed by atoms with E-state index in [0.717, 1.165) is 32.4 Å². The van der Waals surface area contributed by atoms with Crippen LogP contribution in [0.15, 0.2) is 0 Å². The molecule has 0 fully saturated rings. The minimum absolute atomic E-state index is 0.0402. The van der Waals surface area contributed by atoms with Crippen molar-refractivity contribution in [3.8, 4) is 0 Å². The Morgan fingerprint density at radius 3 is 2.39 bits per heavy atom. The summed E-state index contributed by atoms with van der Waals surface area (Å²) in [5, 5.41) is 2.89. The molecular weight excluding hydrogens is 228 g/mol. The lowest BCUT2D eigenvalue weighted by molar-refractivity contribution is -0.129. The minimum atomic E-state index is 0.0402. The van der Waals surface area contributed by atoms with Gasteiger partial charge in [-0.3, -0.25) is 9.59 Å². The molecule has 2 amide bonds. The number of carbonyl (C=O) groups is 2. The molecule has 0 aromatic carbocycles. The Labute approximate surface area is 111 Å². The highest BCUT2D eigenvalue weighted by Gasteiger charge is 2.10. The van der Waals surface area contributed by atoms with Gasteiger partial charge in [0.25, 0.3) is 0 Å². The van der Waals surface area contributed by atoms with Crippen LogP contribution >= 0.6 is 0 Å². The Morgan fingerprint density at radius 2 is 1.89 bits per heavy atom. The molecule has 0 rings (SSSR count). The van der Waals surface area contributed by atoms with Gasteiger partial charge >= 0.3 is 0 Å². The van der Waals surface area contributed by atoms with Crippen molar-refractivity contribution in [2.75, 3.05) is 19.6 Å². The normalized spacial score (nSPS) is 10.5. The van der Waals surface area contributed by atoms with Crippen LogP contribution in [0, 0.1) is 5.92 Å². The highest BCUT2D eigenvalue weighted by atomic mass is 16.2. The molecule has 0 aromatic rings. The molecule has 0 saturated carbocycles. The van der Waals surface area contributed by atoms with Crippen molar-refractivity contribution in [2.45, 2.75) is 53.4 Å². The smallest absolute Gasteiger partial charge is 0.221 e. The van der Waals surface area contributed by atoms with E-state index in [9.17, 15) is 9.59 Å². The molecule has 106 valence electrons. The lowest BCUT2D eigenvalue weighted by Gasteiger charge is -2.20. The van der Waals surface area contributed by atoms with E-state index in [1.165, 1.54) is 0 Å². The Morgan fingerprint density at radius 1 is 1.22 bits per heavy atom. The van der Waals surface area contributed by atoms with E-state index in [4.69, 9.17) is 0 Å². The predicted octanol–water partition coefficient (Wildman–Crippen LogP) is 2.19. The van der Waals surface area contributed by atoms with Gasteiger partial charge in [0.15, 0.2) is 0 Å². The summed E-state index contributed by atoms with van der Waals surface area (Å²) in [5.41, 5.74) is 0. The van der Waals surface area contributed by atoms with E-state index >= 15 is 0 Å². The second kappa shape index (κ2) is 9.92. The second-order valence-corrected chi connectivity index (χ2v) is 5.14. The Bertz CT molecular complexity index is 252. The standard InChI is InChI=1S/C14H28N2O2/c1-5-6-10-16(13(4)17)11-8-14(18)15-9-7-12(2)3/h12H,5-11H2,1-4H3,(H,15,18). The first-order chi connectivity index (χ1) is 8.47. The molecule has 18 heavy (non-hydrogen) atoms. The van der Waals surface area contributed by atoms with Crippen molar-refractivity contribution in [1.82, 2.24) is 10.2 Å². The Balaban J connectivity index is 3.81. The van der Waals surface area contributed by atoms with Crippen molar-refractivity contribution in [2.24, 2.45) is 5.92 Å². The first-order valence-electron chi connectivity index (χ1n) is 6.99. The number of hydrogen-bond acceptors (Lipinski definition) is 2. The van der Waals surface area contributed by atoms with Crippen LogP contribution in [0.4, 0.5) is 0 Å². The Hall–Kier alpha value is -1.06. The summed E-state index contributed by atoms with van der Waals surface area (Å²) in [7, 11) is 0. The zero-order valence-electron chi connectivity index (χ0n) is 12.3. The van der Waals surface area contributed by atoms with Gasteiger partial charge in [-0.2, -0.15) is 0 Å². The van der Waals surface area contributed by atoms with Gasteiger partial charge in [-0.25, -0.2) is 0 Å². The van der Waals surface area contributed by atoms with Crippen LogP contribution in [0.1, 0.15) is 53.4 Å². The molecule has 0 saturated heterocycles. The summed E-state index contributed by atoms with van der Waals surface area (Å²) in [6.45, 7) is 9.94. The van der Waals surface area contributed by atoms with Gasteiger partial charge in [0.1, 0.15) is 0 Å². The molecule has 0 unspecified atom stereocenters. The van der Waals surface area contributed by atoms with E-state index in [2.05, 4.69) is 26.1 Å². The van der Waals surface area contributed by atoms with Gasteiger partial charge in [0.05, 0.1) is 0 Å². The molecule has 0 bridgehead atoms. The van der Waals surface area contributed by atoms with E-state index in [1.54, 1.807) is 11.8 Å². The molecular formula is C14H28N2O2. The van der Waals surface area contributed by atoms with Crippen molar-refractivity contribution >= 4 is 11.8 Å². The van der Waals surface area contributed by atoms with Crippen LogP contribution in [0.25, 0.3) is 0 Å². The van der Waals surface area contributed by atoms with Crippen LogP contribution < -0.4 is 5.32 Å². The number of amides is 2. The molecule has 0 aliphatic heterocycles. The summed E-state index contributed by atoms with van der Waals surface area (Å²) < 4.78 is 0. The fourth-order valence-electron chi connectivity index (χ4n) is 1.60. The first-order valence-corrected chi connectivity index (χ1v) is 6.99. The van der Waals surface area contributed by atoms with Crippen molar-refractivity contribution in [1.29, 1.82) is 0 Å². The molecule has 0 spiro atoms. The topological polar surface area (TPSA) is 49.4 Å². The van der Waals surface area contributed by atoms with Gasteiger partial charge in [0.2, 0.25) is 11.8 Å². The summed E-state index contributed by atoms with van der Waals surface area (Å²) in [5.74, 6) is 0.695. The number of unbranched alkanes of at least 4 members (excludes halogenated alkanes) is 1. The molecule has 1 N–H and O–H groups in total. The summed E-state index contributed by atoms with van der Waals surface area (Å²) in [6.07, 6.45) is 3.46. The molecule has 0 heterocycles. The monoisotopic (exact) mass is 256 g/mol. The summed E-state index contributed by atoms with van der Waals surface area (Å²) >= 11 is 0. The lowest BCUT2D eigenvalue weighted by Crippen LogP contribution is -2.34. The van der Waals surface area contributed by atoms with Gasteiger partial charge in [-0.1, -0.05) is 27.2 Å². The Kier molecular flexibility index (Phi) is 9.33. The van der Waals surface area contributed by atoms with Crippen LogP contribution in [-0.2, 0) is 9.59 Å². The molecule has 4 nitrogen and oxygen atoms in total. The molecule has 0 aromatic heterocycles. The third-order valence-electron chi connectivity index (χ3n) is 2.88. The third-order valence-corrected chi connectivity index (χ3v) is 2.88. The maximum Gasteiger partial charge on any atom is 0.221 e. The van der Waals surface area contributed by atoms with Crippen molar-refractivity contribution in [3.63, 3.8) is 0 Å². The SMILES string of the molecule is CCCCN(CCC(=O)NCCC(C)C)C(C)=O. The molecule has 4 heteroatoms. The van der Waals surface area contributed by atoms with Gasteiger partial charge < -0.3 is 10.2 Å². The highest BCUT2D eigenvalue weighted by Crippen LogP contribution is 1.99. The fourth-order valence-corrected chi connectivity index (χ4v) is 1.60. The van der Waals surface area contributed by atoms with Gasteiger partial charge in [-0.15, -0.1) is 0 Å². The largest absolute Gasteiger partial charge is 0.356 e. The van der Waals surface area contributed by atoms with E-state index in [1.807, 2.05) is 0 Å². The molecule has 0 atom stereocenters. The second-order valence-electron chi connectivity index (χ2n) is 5.14. The number of nitrogens with zero attached hydrogens (tertiary/aromatic N) is 1. The van der Waals surface area contributed by atoms with Crippen molar-refractivity contribution in [3.05, 3.63) is 0 Å². The van der Waals surface area contributed by atoms with E-state index in [0.29, 0.717) is 18.9 Å². The average molecular weight is 256 g/mol. The van der Waals surface area contributed by atoms with Crippen LogP contribution in [0.3, 0.4) is 0 Å². The summed E-state index contributed by atoms with van der Waals surface area (Å²) in [4.78, 5) is 24.7. The third kappa shape index (κ3) is 9.02. The zero-order valence-corrected chi connectivity index (χ0v) is 12.3. The van der Waals surface area contributed by atoms with E-state index < -0.39 is 0 Å². The minimum Gasteiger partial charge on any atom is -0.356 e. The average Bonchev–Trinajstić information content (AvgIpc) is 2.28. The predicted molar refractivity (Wildman–Crippen MR) is 74.2 cm³/mol. The fraction of sp³-hybridized carbons (Fsp3) is 0.857. The maximum absolute atomic E-state index is 11.6. The van der Waals surface area contributed by atoms with E-state index in [-0.39, 0.29) is 11.8 Å². The number of hydrogen-bond donors (Lipinski definition) is 1. The molecule has 0 aliphatic carbocycles. The van der Waals surface area contributed by atoms with Gasteiger partial charge in [0, 0.05) is 33.0 Å². The lowest BCUT2D eigenvalue weighted by atomic mass is 10.1. The first kappa shape index (κ1) is 16.9. The van der Waals surface area contributed by atoms with Crippen molar-refractivity contribution < 1.29 is 9.59 Å². The van der Waals surface area contributed by atoms with Crippen LogP contribution in [0.5, 0.6) is 0 Å². The molecule has 0 radical (unpaired) electrons. The number of rotatable bonds is 9. The van der Waals surface area contributed by atoms with Crippen LogP contribution in [0.2, 0.25) is 0 Å². The van der Waals surface area contributed by atoms with Crippen LogP contribution in [-0.4, -0.2) is 36.3 Å². The highest BCUT2D eigenvalue weighted by molar-refractivity contribution is 5.77. The number of nitrogens with one attached hydrogen (secondary N) is 1.